The van der Waals surface area contributed by atoms with Crippen LogP contribution in [0.2, 0.25) is 5.02 Å². The first kappa shape index (κ1) is 22.2. The molecule has 154 valence electrons. The molecule has 0 fully saturated rings. The van der Waals surface area contributed by atoms with E-state index in [1.54, 1.807) is 24.3 Å². The lowest BCUT2D eigenvalue weighted by molar-refractivity contribution is -0.384. The van der Waals surface area contributed by atoms with E-state index in [4.69, 9.17) is 16.3 Å². The number of halogens is 1. The van der Waals surface area contributed by atoms with Crippen LogP contribution in [0.25, 0.3) is 0 Å². The first-order valence-electron chi connectivity index (χ1n) is 8.93. The number of nitro benzene ring substituents is 1. The third kappa shape index (κ3) is 6.18. The molecule has 0 heterocycles. The van der Waals surface area contributed by atoms with Crippen molar-refractivity contribution in [1.29, 1.82) is 0 Å². The summed E-state index contributed by atoms with van der Waals surface area (Å²) in [5, 5.41) is 16.2. The Bertz CT molecular complexity index is 899. The van der Waals surface area contributed by atoms with Crippen molar-refractivity contribution in [3.63, 3.8) is 0 Å². The highest BCUT2D eigenvalue weighted by Crippen LogP contribution is 2.26. The molecule has 2 N–H and O–H groups in total. The van der Waals surface area contributed by atoms with Crippen LogP contribution in [0.1, 0.15) is 29.8 Å². The molecule has 8 nitrogen and oxygen atoms in total. The normalized spacial score (nSPS) is 11.6. The molecule has 1 atom stereocenters. The van der Waals surface area contributed by atoms with Crippen molar-refractivity contribution in [2.24, 2.45) is 0 Å². The van der Waals surface area contributed by atoms with Gasteiger partial charge >= 0.3 is 0 Å². The van der Waals surface area contributed by atoms with Gasteiger partial charge in [0, 0.05) is 31.2 Å². The maximum atomic E-state index is 12.6. The molecule has 2 aromatic carbocycles. The molecule has 29 heavy (non-hydrogen) atoms. The number of non-ortho nitro benzene ring substituents is 1. The van der Waals surface area contributed by atoms with Crippen molar-refractivity contribution in [2.45, 2.75) is 32.4 Å². The highest BCUT2D eigenvalue weighted by Gasteiger charge is 2.22. The molecule has 0 unspecified atom stereocenters. The largest absolute Gasteiger partial charge is 0.489 e. The molecular formula is C20H22ClN3O5. The lowest BCUT2D eigenvalue weighted by atomic mass is 10.0. The second-order valence-corrected chi connectivity index (χ2v) is 6.99. The summed E-state index contributed by atoms with van der Waals surface area (Å²) < 4.78 is 5.55. The van der Waals surface area contributed by atoms with Crippen LogP contribution in [0.4, 0.5) is 5.69 Å². The molecule has 9 heteroatoms. The molecule has 0 saturated carbocycles. The molecule has 0 saturated heterocycles. The van der Waals surface area contributed by atoms with Crippen LogP contribution in [0.15, 0.2) is 42.5 Å². The van der Waals surface area contributed by atoms with Crippen LogP contribution < -0.4 is 15.4 Å². The highest BCUT2D eigenvalue weighted by atomic mass is 35.5. The van der Waals surface area contributed by atoms with Gasteiger partial charge in [0.25, 0.3) is 11.6 Å². The molecule has 0 bridgehead atoms. The van der Waals surface area contributed by atoms with E-state index >= 15 is 0 Å². The van der Waals surface area contributed by atoms with Gasteiger partial charge in [-0.1, -0.05) is 23.7 Å². The zero-order valence-electron chi connectivity index (χ0n) is 16.3. The fraction of sp³-hybridized carbons (Fsp3) is 0.300. The summed E-state index contributed by atoms with van der Waals surface area (Å²) in [7, 11) is 1.46. The number of ether oxygens (including phenoxy) is 1. The van der Waals surface area contributed by atoms with Crippen molar-refractivity contribution in [3.05, 3.63) is 68.7 Å². The number of carbonyl (C=O) groups is 2. The molecular weight excluding hydrogens is 398 g/mol. The summed E-state index contributed by atoms with van der Waals surface area (Å²) >= 11 is 6.17. The predicted molar refractivity (Wildman–Crippen MR) is 109 cm³/mol. The average Bonchev–Trinajstić information content (AvgIpc) is 2.68. The highest BCUT2D eigenvalue weighted by molar-refractivity contribution is 6.32. The number of likely N-dealkylation sites (N-methyl/N-ethyl adjacent to an activating group) is 1. The lowest BCUT2D eigenvalue weighted by Crippen LogP contribution is -2.47. The fourth-order valence-electron chi connectivity index (χ4n) is 2.61. The number of nitrogens with zero attached hydrogens (tertiary/aromatic N) is 1. The molecule has 2 aromatic rings. The van der Waals surface area contributed by atoms with Crippen LogP contribution in [-0.4, -0.2) is 35.9 Å². The van der Waals surface area contributed by atoms with E-state index < -0.39 is 16.9 Å². The van der Waals surface area contributed by atoms with Crippen molar-refractivity contribution < 1.29 is 19.2 Å². The summed E-state index contributed by atoms with van der Waals surface area (Å²) in [5.74, 6) is -0.395. The lowest BCUT2D eigenvalue weighted by Gasteiger charge is -2.18. The zero-order valence-corrected chi connectivity index (χ0v) is 17.0. The van der Waals surface area contributed by atoms with E-state index in [-0.39, 0.29) is 29.7 Å². The number of hydrogen-bond donors (Lipinski definition) is 2. The number of nitro groups is 1. The summed E-state index contributed by atoms with van der Waals surface area (Å²) in [4.78, 5) is 35.1. The Labute approximate surface area is 173 Å². The van der Waals surface area contributed by atoms with Crippen molar-refractivity contribution >= 4 is 29.1 Å². The molecule has 0 aliphatic carbocycles. The molecule has 2 rings (SSSR count). The average molecular weight is 420 g/mol. The Morgan fingerprint density at radius 2 is 1.83 bits per heavy atom. The van der Waals surface area contributed by atoms with Crippen LogP contribution in [0.5, 0.6) is 5.75 Å². The quantitative estimate of drug-likeness (QED) is 0.504. The Hall–Kier alpha value is -3.13. The summed E-state index contributed by atoms with van der Waals surface area (Å²) in [5.41, 5.74) is 0.902. The third-order valence-corrected chi connectivity index (χ3v) is 4.31. The predicted octanol–water partition coefficient (Wildman–Crippen LogP) is 3.12. The van der Waals surface area contributed by atoms with Gasteiger partial charge in [0.15, 0.2) is 0 Å². The molecule has 2 amide bonds. The molecule has 0 radical (unpaired) electrons. The standard InChI is InChI=1S/C20H22ClN3O5/c1-12(2)29-18-9-6-14(11-16(18)21)19(25)23-17(20(26)22-3)10-13-4-7-15(8-5-13)24(27)28/h4-9,11-12,17H,10H2,1-3H3,(H,22,26)(H,23,25)/t17-/m0/s1. The van der Waals surface area contributed by atoms with Gasteiger partial charge in [-0.15, -0.1) is 0 Å². The van der Waals surface area contributed by atoms with Gasteiger partial charge < -0.3 is 15.4 Å². The van der Waals surface area contributed by atoms with E-state index in [2.05, 4.69) is 10.6 Å². The maximum Gasteiger partial charge on any atom is 0.269 e. The number of carbonyl (C=O) groups excluding carboxylic acids is 2. The fourth-order valence-corrected chi connectivity index (χ4v) is 2.83. The van der Waals surface area contributed by atoms with Crippen LogP contribution >= 0.6 is 11.6 Å². The van der Waals surface area contributed by atoms with Crippen LogP contribution in [0, 0.1) is 10.1 Å². The van der Waals surface area contributed by atoms with E-state index in [1.807, 2.05) is 13.8 Å². The number of benzene rings is 2. The molecule has 0 aliphatic heterocycles. The number of rotatable bonds is 8. The van der Waals surface area contributed by atoms with E-state index in [1.165, 1.54) is 25.2 Å². The van der Waals surface area contributed by atoms with Gasteiger partial charge in [-0.25, -0.2) is 0 Å². The smallest absolute Gasteiger partial charge is 0.269 e. The molecule has 0 aliphatic rings. The monoisotopic (exact) mass is 419 g/mol. The first-order chi connectivity index (χ1) is 13.7. The molecule has 0 spiro atoms. The Morgan fingerprint density at radius 3 is 2.34 bits per heavy atom. The van der Waals surface area contributed by atoms with Crippen molar-refractivity contribution in [2.75, 3.05) is 7.05 Å². The first-order valence-corrected chi connectivity index (χ1v) is 9.31. The summed E-state index contributed by atoms with van der Waals surface area (Å²) in [6.45, 7) is 3.73. The van der Waals surface area contributed by atoms with Crippen LogP contribution in [0.3, 0.4) is 0 Å². The number of hydrogen-bond acceptors (Lipinski definition) is 5. The SMILES string of the molecule is CNC(=O)[C@H](Cc1ccc([N+](=O)[O-])cc1)NC(=O)c1ccc(OC(C)C)c(Cl)c1. The maximum absolute atomic E-state index is 12.6. The Kier molecular flexibility index (Phi) is 7.55. The van der Waals surface area contributed by atoms with Gasteiger partial charge in [-0.05, 0) is 37.6 Å². The van der Waals surface area contributed by atoms with E-state index in [0.29, 0.717) is 16.3 Å². The third-order valence-electron chi connectivity index (χ3n) is 4.01. The topological polar surface area (TPSA) is 111 Å². The van der Waals surface area contributed by atoms with E-state index in [0.717, 1.165) is 0 Å². The zero-order chi connectivity index (χ0) is 21.6. The Morgan fingerprint density at radius 1 is 1.17 bits per heavy atom. The molecule has 0 aromatic heterocycles. The minimum atomic E-state index is -0.862. The van der Waals surface area contributed by atoms with Gasteiger partial charge in [0.05, 0.1) is 16.0 Å². The second-order valence-electron chi connectivity index (χ2n) is 6.58. The number of nitrogens with one attached hydrogen (secondary N) is 2. The van der Waals surface area contributed by atoms with Crippen molar-refractivity contribution in [3.8, 4) is 5.75 Å². The minimum absolute atomic E-state index is 0.0485. The summed E-state index contributed by atoms with van der Waals surface area (Å²) in [6.07, 6.45) is 0.109. The Balaban J connectivity index is 2.15. The van der Waals surface area contributed by atoms with Gasteiger partial charge in [-0.2, -0.15) is 0 Å². The summed E-state index contributed by atoms with van der Waals surface area (Å²) in [6, 6.07) is 9.58. The van der Waals surface area contributed by atoms with E-state index in [9.17, 15) is 19.7 Å². The number of amides is 2. The van der Waals surface area contributed by atoms with Gasteiger partial charge in [0.2, 0.25) is 5.91 Å². The van der Waals surface area contributed by atoms with Gasteiger partial charge in [-0.3, -0.25) is 19.7 Å². The second kappa shape index (κ2) is 9.88. The van der Waals surface area contributed by atoms with Gasteiger partial charge in [0.1, 0.15) is 11.8 Å². The minimum Gasteiger partial charge on any atom is -0.489 e. The van der Waals surface area contributed by atoms with Crippen molar-refractivity contribution in [1.82, 2.24) is 10.6 Å². The van der Waals surface area contributed by atoms with Crippen LogP contribution in [-0.2, 0) is 11.2 Å².